The van der Waals surface area contributed by atoms with Crippen molar-refractivity contribution in [2.24, 2.45) is 5.92 Å². The molecule has 4 heterocycles. The van der Waals surface area contributed by atoms with Gasteiger partial charge in [-0.05, 0) is 45.1 Å². The fourth-order valence-corrected chi connectivity index (χ4v) is 5.68. The Labute approximate surface area is 208 Å². The van der Waals surface area contributed by atoms with E-state index in [1.807, 2.05) is 17.7 Å². The van der Waals surface area contributed by atoms with Crippen LogP contribution in [0.3, 0.4) is 0 Å². The SMILES string of the molecule is Cc1nccn1CC(O)N1CCN(c2nc(C3CC3)c3c(c2C#N)CC(C)(C)OC3)CC1C(C)C. The molecular weight excluding hydrogens is 440 g/mol. The Morgan fingerprint density at radius 3 is 2.66 bits per heavy atom. The van der Waals surface area contributed by atoms with Crippen molar-refractivity contribution in [3.63, 3.8) is 0 Å². The summed E-state index contributed by atoms with van der Waals surface area (Å²) in [6.07, 6.45) is 6.16. The topological polar surface area (TPSA) is 90.4 Å². The van der Waals surface area contributed by atoms with Crippen LogP contribution in [0.4, 0.5) is 5.82 Å². The number of aryl methyl sites for hydroxylation is 1. The molecule has 8 heteroatoms. The maximum atomic E-state index is 11.2. The van der Waals surface area contributed by atoms with E-state index in [1.54, 1.807) is 6.20 Å². The number of hydrogen-bond acceptors (Lipinski definition) is 7. The number of aliphatic hydroxyl groups is 1. The Bertz CT molecular complexity index is 1130. The molecule has 0 aromatic carbocycles. The van der Waals surface area contributed by atoms with Gasteiger partial charge in [-0.1, -0.05) is 13.8 Å². The predicted octanol–water partition coefficient (Wildman–Crippen LogP) is 3.35. The molecule has 0 spiro atoms. The van der Waals surface area contributed by atoms with Gasteiger partial charge in [0, 0.05) is 56.0 Å². The number of aliphatic hydroxyl groups excluding tert-OH is 1. The second-order valence-electron chi connectivity index (χ2n) is 11.4. The average Bonchev–Trinajstić information content (AvgIpc) is 3.59. The lowest BCUT2D eigenvalue weighted by Crippen LogP contribution is -2.59. The van der Waals surface area contributed by atoms with Crippen molar-refractivity contribution in [3.05, 3.63) is 40.6 Å². The molecule has 1 saturated carbocycles. The largest absolute Gasteiger partial charge is 0.376 e. The van der Waals surface area contributed by atoms with Gasteiger partial charge in [-0.2, -0.15) is 5.26 Å². The van der Waals surface area contributed by atoms with Crippen LogP contribution in [0.15, 0.2) is 12.4 Å². The zero-order valence-corrected chi connectivity index (χ0v) is 21.7. The quantitative estimate of drug-likeness (QED) is 0.681. The number of nitriles is 1. The van der Waals surface area contributed by atoms with Crippen molar-refractivity contribution in [2.45, 2.75) is 90.8 Å². The first-order valence-corrected chi connectivity index (χ1v) is 12.9. The van der Waals surface area contributed by atoms with E-state index < -0.39 is 6.23 Å². The standard InChI is InChI=1S/C27H38N6O2/c1-17(2)23-14-32(10-11-33(23)24(34)15-31-9-8-29-18(31)3)26-21(13-28)20-12-27(4,5)35-16-22(20)25(30-26)19-6-7-19/h8-9,17,19,23-24,34H,6-7,10-12,14-16H2,1-5H3. The molecule has 8 nitrogen and oxygen atoms in total. The Balaban J connectivity index is 1.45. The van der Waals surface area contributed by atoms with E-state index >= 15 is 0 Å². The number of nitrogens with zero attached hydrogens (tertiary/aromatic N) is 6. The lowest BCUT2D eigenvalue weighted by molar-refractivity contribution is -0.0521. The molecule has 2 aromatic heterocycles. The summed E-state index contributed by atoms with van der Waals surface area (Å²) >= 11 is 0. The molecular formula is C27H38N6O2. The predicted molar refractivity (Wildman–Crippen MR) is 134 cm³/mol. The fourth-order valence-electron chi connectivity index (χ4n) is 5.68. The van der Waals surface area contributed by atoms with Crippen LogP contribution in [0.5, 0.6) is 0 Å². The molecule has 188 valence electrons. The molecule has 35 heavy (non-hydrogen) atoms. The van der Waals surface area contributed by atoms with Crippen LogP contribution in [-0.2, 0) is 24.3 Å². The number of ether oxygens (including phenoxy) is 1. The molecule has 5 rings (SSSR count). The number of piperazine rings is 1. The van der Waals surface area contributed by atoms with E-state index in [1.165, 1.54) is 0 Å². The zero-order valence-electron chi connectivity index (χ0n) is 21.7. The third kappa shape index (κ3) is 4.69. The number of anilines is 1. The lowest BCUT2D eigenvalue weighted by Gasteiger charge is -2.46. The first-order valence-electron chi connectivity index (χ1n) is 12.9. The average molecular weight is 479 g/mol. The van der Waals surface area contributed by atoms with Crippen LogP contribution in [0.1, 0.15) is 74.7 Å². The molecule has 2 aromatic rings. The maximum absolute atomic E-state index is 11.2. The van der Waals surface area contributed by atoms with Gasteiger partial charge in [-0.25, -0.2) is 9.97 Å². The highest BCUT2D eigenvalue weighted by Crippen LogP contribution is 2.46. The van der Waals surface area contributed by atoms with Crippen LogP contribution in [0.25, 0.3) is 0 Å². The number of aromatic nitrogens is 3. The summed E-state index contributed by atoms with van der Waals surface area (Å²) in [6.45, 7) is 13.8. The highest BCUT2D eigenvalue weighted by Gasteiger charge is 2.39. The first kappa shape index (κ1) is 24.2. The van der Waals surface area contributed by atoms with Crippen molar-refractivity contribution in [1.82, 2.24) is 19.4 Å². The molecule has 2 aliphatic heterocycles. The Hall–Kier alpha value is -2.47. The smallest absolute Gasteiger partial charge is 0.147 e. The van der Waals surface area contributed by atoms with Crippen molar-refractivity contribution in [2.75, 3.05) is 24.5 Å². The molecule has 1 saturated heterocycles. The Morgan fingerprint density at radius 1 is 1.26 bits per heavy atom. The Morgan fingerprint density at radius 2 is 2.03 bits per heavy atom. The van der Waals surface area contributed by atoms with Crippen molar-refractivity contribution in [3.8, 4) is 6.07 Å². The van der Waals surface area contributed by atoms with E-state index in [-0.39, 0.29) is 11.6 Å². The van der Waals surface area contributed by atoms with Crippen LogP contribution in [0.2, 0.25) is 0 Å². The van der Waals surface area contributed by atoms with Gasteiger partial charge < -0.3 is 19.3 Å². The minimum Gasteiger partial charge on any atom is -0.376 e. The summed E-state index contributed by atoms with van der Waals surface area (Å²) in [5, 5.41) is 21.5. The normalized spacial score (nSPS) is 23.3. The van der Waals surface area contributed by atoms with Crippen LogP contribution < -0.4 is 4.90 Å². The summed E-state index contributed by atoms with van der Waals surface area (Å²) in [6, 6.07) is 2.68. The summed E-state index contributed by atoms with van der Waals surface area (Å²) in [5.41, 5.74) is 3.86. The van der Waals surface area contributed by atoms with E-state index in [9.17, 15) is 10.4 Å². The van der Waals surface area contributed by atoms with Gasteiger partial charge in [0.25, 0.3) is 0 Å². The fraction of sp³-hybridized carbons (Fsp3) is 0.667. The van der Waals surface area contributed by atoms with Gasteiger partial charge in [0.1, 0.15) is 23.9 Å². The van der Waals surface area contributed by atoms with Gasteiger partial charge in [-0.3, -0.25) is 4.90 Å². The number of fused-ring (bicyclic) bond motifs is 1. The second kappa shape index (κ2) is 9.20. The van der Waals surface area contributed by atoms with Crippen molar-refractivity contribution < 1.29 is 9.84 Å². The molecule has 1 N–H and O–H groups in total. The maximum Gasteiger partial charge on any atom is 0.147 e. The summed E-state index contributed by atoms with van der Waals surface area (Å²) in [5.74, 6) is 2.56. The number of pyridine rings is 1. The van der Waals surface area contributed by atoms with E-state index in [4.69, 9.17) is 9.72 Å². The molecule has 2 atom stereocenters. The molecule has 0 bridgehead atoms. The zero-order chi connectivity index (χ0) is 24.9. The van der Waals surface area contributed by atoms with Crippen molar-refractivity contribution in [1.29, 1.82) is 5.26 Å². The lowest BCUT2D eigenvalue weighted by atomic mass is 9.87. The Kier molecular flexibility index (Phi) is 6.37. The van der Waals surface area contributed by atoms with Gasteiger partial charge in [-0.15, -0.1) is 0 Å². The number of rotatable bonds is 6. The third-order valence-electron chi connectivity index (χ3n) is 7.91. The van der Waals surface area contributed by atoms with Gasteiger partial charge in [0.15, 0.2) is 0 Å². The molecule has 3 aliphatic rings. The minimum atomic E-state index is -0.593. The molecule has 0 radical (unpaired) electrons. The minimum absolute atomic E-state index is 0.149. The first-order chi connectivity index (χ1) is 16.7. The molecule has 1 aliphatic carbocycles. The number of imidazole rings is 1. The molecule has 2 fully saturated rings. The van der Waals surface area contributed by atoms with E-state index in [2.05, 4.69) is 48.5 Å². The third-order valence-corrected chi connectivity index (χ3v) is 7.91. The van der Waals surface area contributed by atoms with Gasteiger partial charge in [0.2, 0.25) is 0 Å². The van der Waals surface area contributed by atoms with Crippen LogP contribution in [-0.4, -0.2) is 62.0 Å². The van der Waals surface area contributed by atoms with Crippen molar-refractivity contribution >= 4 is 5.82 Å². The molecule has 2 unspecified atom stereocenters. The number of hydrogen-bond donors (Lipinski definition) is 1. The van der Waals surface area contributed by atoms with E-state index in [0.29, 0.717) is 30.6 Å². The van der Waals surface area contributed by atoms with Gasteiger partial charge in [0.05, 0.1) is 30.0 Å². The highest BCUT2D eigenvalue weighted by atomic mass is 16.5. The summed E-state index contributed by atoms with van der Waals surface area (Å²) in [4.78, 5) is 14.0. The monoisotopic (exact) mass is 478 g/mol. The highest BCUT2D eigenvalue weighted by molar-refractivity contribution is 5.62. The second-order valence-corrected chi connectivity index (χ2v) is 11.4. The summed E-state index contributed by atoms with van der Waals surface area (Å²) < 4.78 is 8.13. The summed E-state index contributed by atoms with van der Waals surface area (Å²) in [7, 11) is 0. The molecule has 0 amide bonds. The van der Waals surface area contributed by atoms with E-state index in [0.717, 1.165) is 67.4 Å². The van der Waals surface area contributed by atoms with Gasteiger partial charge >= 0.3 is 0 Å². The van der Waals surface area contributed by atoms with Crippen LogP contribution in [0, 0.1) is 24.2 Å². The van der Waals surface area contributed by atoms with Crippen LogP contribution >= 0.6 is 0 Å².